The molecule has 23 heavy (non-hydrogen) atoms. The van der Waals surface area contributed by atoms with Gasteiger partial charge in [0.15, 0.2) is 5.96 Å². The first-order valence-electron chi connectivity index (χ1n) is 8.14. The molecule has 1 fully saturated rings. The van der Waals surface area contributed by atoms with Gasteiger partial charge >= 0.3 is 0 Å². The number of hydrogen-bond donors (Lipinski definition) is 3. The predicted octanol–water partition coefficient (Wildman–Crippen LogP) is 3.36. The first kappa shape index (κ1) is 20.5. The van der Waals surface area contributed by atoms with Crippen LogP contribution in [0.25, 0.3) is 0 Å². The Kier molecular flexibility index (Phi) is 9.90. The molecule has 0 bridgehead atoms. The zero-order valence-corrected chi connectivity index (χ0v) is 16.7. The van der Waals surface area contributed by atoms with Crippen LogP contribution < -0.4 is 10.6 Å². The van der Waals surface area contributed by atoms with Crippen molar-refractivity contribution in [3.63, 3.8) is 0 Å². The van der Waals surface area contributed by atoms with Crippen molar-refractivity contribution >= 4 is 41.5 Å². The zero-order chi connectivity index (χ0) is 15.8. The van der Waals surface area contributed by atoms with Gasteiger partial charge in [-0.15, -0.1) is 24.0 Å². The number of nitrogens with zero attached hydrogens (tertiary/aromatic N) is 1. The summed E-state index contributed by atoms with van der Waals surface area (Å²) in [5, 5.41) is 17.1. The Hall–Kier alpha value is -0.530. The van der Waals surface area contributed by atoms with Crippen molar-refractivity contribution in [2.75, 3.05) is 13.1 Å². The van der Waals surface area contributed by atoms with E-state index in [1.807, 2.05) is 24.3 Å². The number of aliphatic hydroxyl groups is 1. The van der Waals surface area contributed by atoms with Crippen LogP contribution in [0.4, 0.5) is 0 Å². The van der Waals surface area contributed by atoms with Gasteiger partial charge in [-0.05, 0) is 56.7 Å². The number of guanidine groups is 1. The van der Waals surface area contributed by atoms with E-state index in [1.54, 1.807) is 0 Å². The van der Waals surface area contributed by atoms with Crippen LogP contribution in [-0.4, -0.2) is 36.3 Å². The number of hydrogen-bond acceptors (Lipinski definition) is 2. The van der Waals surface area contributed by atoms with Gasteiger partial charge in [-0.25, -0.2) is 0 Å². The molecule has 0 amide bonds. The van der Waals surface area contributed by atoms with Crippen LogP contribution in [-0.2, 0) is 6.42 Å². The zero-order valence-electron chi connectivity index (χ0n) is 13.6. The highest BCUT2D eigenvalue weighted by Crippen LogP contribution is 2.18. The Morgan fingerprint density at radius 2 is 1.87 bits per heavy atom. The largest absolute Gasteiger partial charge is 0.393 e. The van der Waals surface area contributed by atoms with Crippen LogP contribution >= 0.6 is 35.6 Å². The van der Waals surface area contributed by atoms with E-state index < -0.39 is 0 Å². The molecular weight excluding hydrogens is 425 g/mol. The average Bonchev–Trinajstić information content (AvgIpc) is 2.52. The van der Waals surface area contributed by atoms with Gasteiger partial charge in [0, 0.05) is 24.2 Å². The summed E-state index contributed by atoms with van der Waals surface area (Å²) in [7, 11) is 0. The summed E-state index contributed by atoms with van der Waals surface area (Å²) in [6.07, 6.45) is 4.54. The van der Waals surface area contributed by atoms with Crippen LogP contribution in [0.3, 0.4) is 0 Å². The summed E-state index contributed by atoms with van der Waals surface area (Å²) in [5.41, 5.74) is 1.24. The molecule has 1 saturated carbocycles. The standard InChI is InChI=1S/C17H26ClN3O.HI/c1-2-19-17(21-15-7-9-16(22)10-8-15)20-12-11-13-3-5-14(18)6-4-13;/h3-6,15-16,22H,2,7-12H2,1H3,(H2,19,20,21);1H. The Labute approximate surface area is 161 Å². The number of nitrogens with one attached hydrogen (secondary N) is 2. The molecule has 1 aliphatic carbocycles. The second-order valence-electron chi connectivity index (χ2n) is 5.79. The fourth-order valence-electron chi connectivity index (χ4n) is 2.68. The fourth-order valence-corrected chi connectivity index (χ4v) is 2.81. The maximum absolute atomic E-state index is 9.57. The third-order valence-corrected chi connectivity index (χ3v) is 4.22. The minimum Gasteiger partial charge on any atom is -0.393 e. The molecule has 3 N–H and O–H groups in total. The third-order valence-electron chi connectivity index (χ3n) is 3.97. The van der Waals surface area contributed by atoms with E-state index in [1.165, 1.54) is 5.56 Å². The molecule has 0 unspecified atom stereocenters. The van der Waals surface area contributed by atoms with E-state index in [9.17, 15) is 5.11 Å². The van der Waals surface area contributed by atoms with Crippen molar-refractivity contribution in [2.24, 2.45) is 4.99 Å². The number of halogens is 2. The Bertz CT molecular complexity index is 473. The highest BCUT2D eigenvalue weighted by atomic mass is 127. The first-order chi connectivity index (χ1) is 10.7. The molecule has 0 aromatic heterocycles. The van der Waals surface area contributed by atoms with Crippen LogP contribution in [0.5, 0.6) is 0 Å². The molecule has 0 heterocycles. The number of benzene rings is 1. The van der Waals surface area contributed by atoms with E-state index >= 15 is 0 Å². The van der Waals surface area contributed by atoms with Crippen molar-refractivity contribution in [3.8, 4) is 0 Å². The molecule has 2 rings (SSSR count). The van der Waals surface area contributed by atoms with Gasteiger partial charge < -0.3 is 15.7 Å². The molecule has 0 spiro atoms. The van der Waals surface area contributed by atoms with Gasteiger partial charge in [0.1, 0.15) is 0 Å². The van der Waals surface area contributed by atoms with Crippen molar-refractivity contribution < 1.29 is 5.11 Å². The SMILES string of the molecule is CCNC(=NCCc1ccc(Cl)cc1)NC1CCC(O)CC1.I. The third kappa shape index (κ3) is 7.72. The highest BCUT2D eigenvalue weighted by Gasteiger charge is 2.19. The Morgan fingerprint density at radius 3 is 2.48 bits per heavy atom. The summed E-state index contributed by atoms with van der Waals surface area (Å²) >= 11 is 5.89. The van der Waals surface area contributed by atoms with Crippen LogP contribution in [0.2, 0.25) is 5.02 Å². The summed E-state index contributed by atoms with van der Waals surface area (Å²) in [4.78, 5) is 4.64. The summed E-state index contributed by atoms with van der Waals surface area (Å²) < 4.78 is 0. The van der Waals surface area contributed by atoms with Gasteiger partial charge in [-0.1, -0.05) is 23.7 Å². The molecule has 4 nitrogen and oxygen atoms in total. The second kappa shape index (κ2) is 11.1. The predicted molar refractivity (Wildman–Crippen MR) is 108 cm³/mol. The van der Waals surface area contributed by atoms with Crippen LogP contribution in [0.1, 0.15) is 38.2 Å². The van der Waals surface area contributed by atoms with Crippen molar-refractivity contribution in [2.45, 2.75) is 51.2 Å². The van der Waals surface area contributed by atoms with E-state index in [4.69, 9.17) is 11.6 Å². The van der Waals surface area contributed by atoms with Gasteiger partial charge in [0.05, 0.1) is 6.10 Å². The molecule has 1 aromatic carbocycles. The number of rotatable bonds is 5. The summed E-state index contributed by atoms with van der Waals surface area (Å²) in [5.74, 6) is 0.873. The van der Waals surface area contributed by atoms with Crippen molar-refractivity contribution in [1.82, 2.24) is 10.6 Å². The number of aliphatic imine (C=N–C) groups is 1. The molecular formula is C17H27ClIN3O. The lowest BCUT2D eigenvalue weighted by Gasteiger charge is -2.27. The van der Waals surface area contributed by atoms with E-state index in [0.29, 0.717) is 6.04 Å². The van der Waals surface area contributed by atoms with E-state index in [0.717, 1.165) is 56.2 Å². The van der Waals surface area contributed by atoms with Crippen LogP contribution in [0, 0.1) is 0 Å². The topological polar surface area (TPSA) is 56.7 Å². The van der Waals surface area contributed by atoms with Gasteiger partial charge in [0.25, 0.3) is 0 Å². The van der Waals surface area contributed by atoms with Crippen LogP contribution in [0.15, 0.2) is 29.3 Å². The van der Waals surface area contributed by atoms with E-state index in [-0.39, 0.29) is 30.1 Å². The molecule has 0 aliphatic heterocycles. The maximum Gasteiger partial charge on any atom is 0.191 e. The molecule has 0 atom stereocenters. The minimum absolute atomic E-state index is 0. The van der Waals surface area contributed by atoms with E-state index in [2.05, 4.69) is 22.5 Å². The smallest absolute Gasteiger partial charge is 0.191 e. The lowest BCUT2D eigenvalue weighted by molar-refractivity contribution is 0.120. The van der Waals surface area contributed by atoms with Gasteiger partial charge in [-0.2, -0.15) is 0 Å². The molecule has 1 aliphatic rings. The molecule has 1 aromatic rings. The average molecular weight is 452 g/mol. The second-order valence-corrected chi connectivity index (χ2v) is 6.22. The fraction of sp³-hybridized carbons (Fsp3) is 0.588. The van der Waals surface area contributed by atoms with Crippen molar-refractivity contribution in [1.29, 1.82) is 0 Å². The Balaban J connectivity index is 0.00000264. The summed E-state index contributed by atoms with van der Waals surface area (Å²) in [6.45, 7) is 3.66. The van der Waals surface area contributed by atoms with Gasteiger partial charge in [-0.3, -0.25) is 4.99 Å². The maximum atomic E-state index is 9.57. The molecule has 0 radical (unpaired) electrons. The normalized spacial score (nSPS) is 21.4. The molecule has 130 valence electrons. The lowest BCUT2D eigenvalue weighted by Crippen LogP contribution is -2.45. The van der Waals surface area contributed by atoms with Gasteiger partial charge in [0.2, 0.25) is 0 Å². The first-order valence-corrected chi connectivity index (χ1v) is 8.52. The number of aliphatic hydroxyl groups excluding tert-OH is 1. The highest BCUT2D eigenvalue weighted by molar-refractivity contribution is 14.0. The lowest BCUT2D eigenvalue weighted by atomic mass is 9.93. The summed E-state index contributed by atoms with van der Waals surface area (Å²) in [6, 6.07) is 8.33. The monoisotopic (exact) mass is 451 g/mol. The Morgan fingerprint density at radius 1 is 1.22 bits per heavy atom. The quantitative estimate of drug-likeness (QED) is 0.365. The molecule has 6 heteroatoms. The minimum atomic E-state index is -0.123. The molecule has 0 saturated heterocycles. The van der Waals surface area contributed by atoms with Crippen molar-refractivity contribution in [3.05, 3.63) is 34.9 Å².